The highest BCUT2D eigenvalue weighted by atomic mass is 16.3. The third-order valence-electron chi connectivity index (χ3n) is 3.90. The highest BCUT2D eigenvalue weighted by Gasteiger charge is 2.33. The molecule has 2 N–H and O–H groups in total. The lowest BCUT2D eigenvalue weighted by molar-refractivity contribution is -0.135. The zero-order valence-electron chi connectivity index (χ0n) is 10.6. The number of aliphatic hydroxyl groups excluding tert-OH is 1. The lowest BCUT2D eigenvalue weighted by Gasteiger charge is -2.36. The zero-order chi connectivity index (χ0) is 12.3. The summed E-state index contributed by atoms with van der Waals surface area (Å²) in [5.41, 5.74) is 0. The minimum absolute atomic E-state index is 0.0272. The Kier molecular flexibility index (Phi) is 4.36. The molecular weight excluding hydrogens is 218 g/mol. The van der Waals surface area contributed by atoms with E-state index in [1.54, 1.807) is 0 Å². The summed E-state index contributed by atoms with van der Waals surface area (Å²) in [6.07, 6.45) is 1.10. The van der Waals surface area contributed by atoms with Crippen molar-refractivity contribution in [3.05, 3.63) is 0 Å². The number of nitrogens with one attached hydrogen (secondary N) is 1. The standard InChI is InChI=1S/C12H23N3O2/c1-10-2-3-13-11(10)12(17)15-6-4-14(5-7-15)8-9-16/h10-11,13,16H,2-9H2,1H3. The first-order valence-corrected chi connectivity index (χ1v) is 6.57. The zero-order valence-corrected chi connectivity index (χ0v) is 10.6. The van der Waals surface area contributed by atoms with Gasteiger partial charge < -0.3 is 15.3 Å². The number of carbonyl (C=O) groups excluding carboxylic acids is 1. The smallest absolute Gasteiger partial charge is 0.240 e. The number of carbonyl (C=O) groups is 1. The number of aliphatic hydroxyl groups is 1. The van der Waals surface area contributed by atoms with Crippen molar-refractivity contribution < 1.29 is 9.90 Å². The SMILES string of the molecule is CC1CCNC1C(=O)N1CCN(CCO)CC1. The van der Waals surface area contributed by atoms with Crippen molar-refractivity contribution in [3.8, 4) is 0 Å². The molecule has 98 valence electrons. The van der Waals surface area contributed by atoms with Crippen molar-refractivity contribution in [2.24, 2.45) is 5.92 Å². The first kappa shape index (κ1) is 12.8. The van der Waals surface area contributed by atoms with Crippen molar-refractivity contribution in [1.29, 1.82) is 0 Å². The summed E-state index contributed by atoms with van der Waals surface area (Å²) >= 11 is 0. The van der Waals surface area contributed by atoms with Gasteiger partial charge in [0, 0.05) is 32.7 Å². The van der Waals surface area contributed by atoms with Crippen LogP contribution in [0.1, 0.15) is 13.3 Å². The van der Waals surface area contributed by atoms with E-state index >= 15 is 0 Å². The molecule has 17 heavy (non-hydrogen) atoms. The van der Waals surface area contributed by atoms with E-state index in [0.29, 0.717) is 5.92 Å². The molecule has 5 nitrogen and oxygen atoms in total. The summed E-state index contributed by atoms with van der Waals surface area (Å²) in [6, 6.07) is 0.0272. The summed E-state index contributed by atoms with van der Waals surface area (Å²) < 4.78 is 0. The molecule has 2 unspecified atom stereocenters. The van der Waals surface area contributed by atoms with Crippen LogP contribution in [-0.2, 0) is 4.79 Å². The van der Waals surface area contributed by atoms with Gasteiger partial charge in [0.15, 0.2) is 0 Å². The topological polar surface area (TPSA) is 55.8 Å². The largest absolute Gasteiger partial charge is 0.395 e. The van der Waals surface area contributed by atoms with Crippen molar-refractivity contribution >= 4 is 5.91 Å². The van der Waals surface area contributed by atoms with E-state index in [1.807, 2.05) is 4.90 Å². The molecule has 1 amide bonds. The fraction of sp³-hybridized carbons (Fsp3) is 0.917. The van der Waals surface area contributed by atoms with Crippen LogP contribution in [-0.4, -0.2) is 72.7 Å². The van der Waals surface area contributed by atoms with Gasteiger partial charge in [-0.3, -0.25) is 9.69 Å². The van der Waals surface area contributed by atoms with Gasteiger partial charge in [0.05, 0.1) is 12.6 Å². The average Bonchev–Trinajstić information content (AvgIpc) is 2.76. The van der Waals surface area contributed by atoms with Gasteiger partial charge in [-0.2, -0.15) is 0 Å². The van der Waals surface area contributed by atoms with Gasteiger partial charge in [-0.1, -0.05) is 6.92 Å². The second kappa shape index (κ2) is 5.80. The van der Waals surface area contributed by atoms with Crippen molar-refractivity contribution in [2.75, 3.05) is 45.9 Å². The Morgan fingerprint density at radius 1 is 1.35 bits per heavy atom. The van der Waals surface area contributed by atoms with Crippen molar-refractivity contribution in [1.82, 2.24) is 15.1 Å². The third kappa shape index (κ3) is 2.97. The van der Waals surface area contributed by atoms with Crippen LogP contribution >= 0.6 is 0 Å². The number of rotatable bonds is 3. The Hall–Kier alpha value is -0.650. The van der Waals surface area contributed by atoms with E-state index in [1.165, 1.54) is 0 Å². The maximum absolute atomic E-state index is 12.3. The lowest BCUT2D eigenvalue weighted by Crippen LogP contribution is -2.54. The van der Waals surface area contributed by atoms with Crippen molar-refractivity contribution in [3.63, 3.8) is 0 Å². The second-order valence-corrected chi connectivity index (χ2v) is 5.09. The Balaban J connectivity index is 1.82. The highest BCUT2D eigenvalue weighted by Crippen LogP contribution is 2.17. The van der Waals surface area contributed by atoms with Gasteiger partial charge in [-0.15, -0.1) is 0 Å². The fourth-order valence-corrected chi connectivity index (χ4v) is 2.70. The summed E-state index contributed by atoms with van der Waals surface area (Å²) in [7, 11) is 0. The number of nitrogens with zero attached hydrogens (tertiary/aromatic N) is 2. The van der Waals surface area contributed by atoms with Gasteiger partial charge >= 0.3 is 0 Å². The van der Waals surface area contributed by atoms with E-state index in [4.69, 9.17) is 5.11 Å². The predicted octanol–water partition coefficient (Wildman–Crippen LogP) is -0.879. The molecule has 0 radical (unpaired) electrons. The first-order chi connectivity index (χ1) is 8.22. The van der Waals surface area contributed by atoms with E-state index in [9.17, 15) is 4.79 Å². The first-order valence-electron chi connectivity index (χ1n) is 6.57. The molecular formula is C12H23N3O2. The average molecular weight is 241 g/mol. The minimum Gasteiger partial charge on any atom is -0.395 e. The highest BCUT2D eigenvalue weighted by molar-refractivity contribution is 5.82. The number of hydrogen-bond acceptors (Lipinski definition) is 4. The van der Waals surface area contributed by atoms with Gasteiger partial charge in [-0.05, 0) is 18.9 Å². The van der Waals surface area contributed by atoms with E-state index in [0.717, 1.165) is 45.7 Å². The van der Waals surface area contributed by atoms with E-state index in [-0.39, 0.29) is 18.6 Å². The molecule has 2 aliphatic heterocycles. The van der Waals surface area contributed by atoms with Crippen LogP contribution in [0.4, 0.5) is 0 Å². The molecule has 2 atom stereocenters. The monoisotopic (exact) mass is 241 g/mol. The molecule has 5 heteroatoms. The molecule has 0 aromatic rings. The van der Waals surface area contributed by atoms with E-state index in [2.05, 4.69) is 17.1 Å². The number of hydrogen-bond donors (Lipinski definition) is 2. The van der Waals surface area contributed by atoms with Crippen LogP contribution in [0, 0.1) is 5.92 Å². The Bertz CT molecular complexity index is 264. The maximum Gasteiger partial charge on any atom is 0.240 e. The summed E-state index contributed by atoms with van der Waals surface area (Å²) in [4.78, 5) is 16.4. The molecule has 0 aromatic heterocycles. The van der Waals surface area contributed by atoms with Crippen molar-refractivity contribution in [2.45, 2.75) is 19.4 Å². The molecule has 2 heterocycles. The third-order valence-corrected chi connectivity index (χ3v) is 3.90. The molecule has 0 spiro atoms. The Labute approximate surface area is 103 Å². The van der Waals surface area contributed by atoms with Crippen LogP contribution in [0.5, 0.6) is 0 Å². The van der Waals surface area contributed by atoms with Crippen LogP contribution in [0.2, 0.25) is 0 Å². The van der Waals surface area contributed by atoms with Gasteiger partial charge in [0.25, 0.3) is 0 Å². The Morgan fingerprint density at radius 2 is 2.06 bits per heavy atom. The minimum atomic E-state index is 0.0272. The molecule has 2 rings (SSSR count). The summed E-state index contributed by atoms with van der Waals surface area (Å²) in [6.45, 7) is 7.39. The summed E-state index contributed by atoms with van der Waals surface area (Å²) in [5.74, 6) is 0.719. The molecule has 0 aromatic carbocycles. The molecule has 0 aliphatic carbocycles. The van der Waals surface area contributed by atoms with Crippen LogP contribution in [0.25, 0.3) is 0 Å². The predicted molar refractivity (Wildman–Crippen MR) is 65.7 cm³/mol. The fourth-order valence-electron chi connectivity index (χ4n) is 2.70. The van der Waals surface area contributed by atoms with E-state index < -0.39 is 0 Å². The molecule has 0 saturated carbocycles. The van der Waals surface area contributed by atoms with Gasteiger partial charge in [0.2, 0.25) is 5.91 Å². The quantitative estimate of drug-likeness (QED) is 0.674. The molecule has 2 fully saturated rings. The molecule has 2 aliphatic rings. The number of β-amino-alcohol motifs (C(OH)–C–C–N with tert-alkyl or cyclic N) is 1. The normalized spacial score (nSPS) is 30.8. The van der Waals surface area contributed by atoms with Gasteiger partial charge in [-0.25, -0.2) is 0 Å². The van der Waals surface area contributed by atoms with Crippen LogP contribution in [0.15, 0.2) is 0 Å². The lowest BCUT2D eigenvalue weighted by atomic mass is 10.0. The summed E-state index contributed by atoms with van der Waals surface area (Å²) in [5, 5.41) is 12.2. The number of piperazine rings is 1. The van der Waals surface area contributed by atoms with Crippen LogP contribution < -0.4 is 5.32 Å². The Morgan fingerprint density at radius 3 is 2.59 bits per heavy atom. The molecule has 2 saturated heterocycles. The van der Waals surface area contributed by atoms with Gasteiger partial charge in [0.1, 0.15) is 0 Å². The number of amides is 1. The molecule has 0 bridgehead atoms. The van der Waals surface area contributed by atoms with Crippen LogP contribution in [0.3, 0.4) is 0 Å². The second-order valence-electron chi connectivity index (χ2n) is 5.09. The maximum atomic E-state index is 12.3.